The number of anilines is 4. The summed E-state index contributed by atoms with van der Waals surface area (Å²) < 4.78 is 14.7. The summed E-state index contributed by atoms with van der Waals surface area (Å²) in [6, 6.07) is 49.9. The van der Waals surface area contributed by atoms with E-state index in [0.29, 0.717) is 22.3 Å². The van der Waals surface area contributed by atoms with Crippen molar-refractivity contribution in [2.24, 2.45) is 0 Å². The highest BCUT2D eigenvalue weighted by Gasteiger charge is 2.21. The van der Waals surface area contributed by atoms with E-state index in [1.54, 1.807) is 38.1 Å². The van der Waals surface area contributed by atoms with Crippen LogP contribution in [-0.4, -0.2) is 118 Å². The zero-order chi connectivity index (χ0) is 62.1. The fourth-order valence-electron chi connectivity index (χ4n) is 9.39. The van der Waals surface area contributed by atoms with E-state index in [-0.39, 0.29) is 43.6 Å². The van der Waals surface area contributed by atoms with Gasteiger partial charge < -0.3 is 44.0 Å². The minimum absolute atomic E-state index is 0.00290. The minimum atomic E-state index is -0.903. The van der Waals surface area contributed by atoms with Crippen LogP contribution in [-0.2, 0) is 23.8 Å². The molecule has 0 amide bonds. The van der Waals surface area contributed by atoms with Gasteiger partial charge in [0.1, 0.15) is 19.8 Å². The molecule has 2 N–H and O–H groups in total. The number of rotatable bonds is 27. The molecule has 6 aromatic carbocycles. The maximum atomic E-state index is 12.6. The fraction of sp³-hybridized carbons (Fsp3) is 0.362. The molecular formula is C69H88Cl2N4O9. The number of aliphatic hydroxyl groups is 1. The van der Waals surface area contributed by atoms with E-state index in [0.717, 1.165) is 63.5 Å². The van der Waals surface area contributed by atoms with E-state index in [9.17, 15) is 24.3 Å². The second kappa shape index (κ2) is 38.3. The largest absolute Gasteiger partial charge is 0.478 e. The van der Waals surface area contributed by atoms with Crippen LogP contribution in [0.5, 0.6) is 0 Å². The van der Waals surface area contributed by atoms with Crippen molar-refractivity contribution < 1.29 is 43.6 Å². The highest BCUT2D eigenvalue weighted by atomic mass is 35.5. The van der Waals surface area contributed by atoms with Gasteiger partial charge in [0.15, 0.2) is 0 Å². The summed E-state index contributed by atoms with van der Waals surface area (Å²) in [6.45, 7) is 35.0. The molecule has 0 fully saturated rings. The van der Waals surface area contributed by atoms with Gasteiger partial charge in [0.2, 0.25) is 0 Å². The summed E-state index contributed by atoms with van der Waals surface area (Å²) in [7, 11) is 0. The zero-order valence-corrected chi connectivity index (χ0v) is 52.4. The van der Waals surface area contributed by atoms with Crippen LogP contribution in [0.2, 0.25) is 0 Å². The Bertz CT molecular complexity index is 2790. The van der Waals surface area contributed by atoms with Gasteiger partial charge in [-0.05, 0) is 175 Å². The molecule has 0 aromatic heterocycles. The number of esters is 3. The van der Waals surface area contributed by atoms with Crippen molar-refractivity contribution in [2.45, 2.75) is 81.1 Å². The van der Waals surface area contributed by atoms with Gasteiger partial charge >= 0.3 is 23.9 Å². The molecule has 6 rings (SSSR count). The average molecular weight is 1190 g/mol. The Morgan fingerprint density at radius 1 is 0.405 bits per heavy atom. The molecule has 0 aliphatic carbocycles. The minimum Gasteiger partial charge on any atom is -0.478 e. The summed E-state index contributed by atoms with van der Waals surface area (Å²) in [6.07, 6.45) is 0. The number of aliphatic hydroxyl groups excluding tert-OH is 1. The van der Waals surface area contributed by atoms with Gasteiger partial charge in [0.25, 0.3) is 0 Å². The first-order chi connectivity index (χ1) is 40.4. The zero-order valence-electron chi connectivity index (χ0n) is 50.9. The van der Waals surface area contributed by atoms with Crippen molar-refractivity contribution >= 4 is 69.8 Å². The number of hydrogen-bond donors (Lipinski definition) is 2. The second-order valence-corrected chi connectivity index (χ2v) is 20.1. The van der Waals surface area contributed by atoms with Gasteiger partial charge in [-0.3, -0.25) is 0 Å². The van der Waals surface area contributed by atoms with Crippen LogP contribution in [0.15, 0.2) is 170 Å². The summed E-state index contributed by atoms with van der Waals surface area (Å²) >= 11 is 9.53. The molecule has 0 saturated carbocycles. The van der Waals surface area contributed by atoms with Gasteiger partial charge in [-0.1, -0.05) is 86.0 Å². The number of aromatic carboxylic acids is 1. The number of ether oxygens (including phenoxy) is 3. The predicted molar refractivity (Wildman–Crippen MR) is 347 cm³/mol. The van der Waals surface area contributed by atoms with Gasteiger partial charge in [-0.15, -0.1) is 23.2 Å². The molecule has 0 spiro atoms. The van der Waals surface area contributed by atoms with Crippen LogP contribution in [0.1, 0.15) is 135 Å². The molecular weight excluding hydrogens is 1100 g/mol. The topological polar surface area (TPSA) is 149 Å². The van der Waals surface area contributed by atoms with Crippen molar-refractivity contribution in [1.82, 2.24) is 0 Å². The lowest BCUT2D eigenvalue weighted by atomic mass is 9.84. The SMILES string of the molecule is C=C(C)C(=O)OCCO.C=C(C)C(=O)OCCOC(=O)c1ccc(C(c2ccc(N(CC)CC)cc2)c2ccc(N(CC)CC)cc2)cc1.CCN(CC)c1ccc(C(c2ccc(C(=O)O)cc2)c2ccc(N(CC)CC)cc2)cc1.ClCCl. The number of carbonyl (C=O) groups excluding carboxylic acids is 3. The maximum absolute atomic E-state index is 12.6. The monoisotopic (exact) mass is 1190 g/mol. The van der Waals surface area contributed by atoms with Gasteiger partial charge in [0.05, 0.1) is 23.1 Å². The van der Waals surface area contributed by atoms with Crippen LogP contribution < -0.4 is 19.6 Å². The third-order valence-corrected chi connectivity index (χ3v) is 14.0. The summed E-state index contributed by atoms with van der Waals surface area (Å²) in [5.41, 5.74) is 13.2. The number of alkyl halides is 2. The van der Waals surface area contributed by atoms with Crippen molar-refractivity contribution in [3.05, 3.63) is 214 Å². The molecule has 0 bridgehead atoms. The van der Waals surface area contributed by atoms with Gasteiger partial charge in [0, 0.05) is 98.1 Å². The number of benzene rings is 6. The third-order valence-electron chi connectivity index (χ3n) is 14.0. The van der Waals surface area contributed by atoms with Crippen LogP contribution in [0.4, 0.5) is 22.7 Å². The third kappa shape index (κ3) is 21.9. The number of carbonyl (C=O) groups is 4. The second-order valence-electron chi connectivity index (χ2n) is 19.3. The Kier molecular flexibility index (Phi) is 32.2. The van der Waals surface area contributed by atoms with E-state index >= 15 is 0 Å². The number of nitrogens with zero attached hydrogens (tertiary/aromatic N) is 4. The molecule has 13 nitrogen and oxygen atoms in total. The van der Waals surface area contributed by atoms with Crippen molar-refractivity contribution in [3.8, 4) is 0 Å². The number of carboxylic acids is 1. The molecule has 0 radical (unpaired) electrons. The summed E-state index contributed by atoms with van der Waals surface area (Å²) in [4.78, 5) is 55.2. The number of halogens is 2. The normalized spacial score (nSPS) is 10.4. The molecule has 6 aromatic rings. The predicted octanol–water partition coefficient (Wildman–Crippen LogP) is 14.6. The van der Waals surface area contributed by atoms with E-state index in [1.165, 1.54) is 45.0 Å². The highest BCUT2D eigenvalue weighted by Crippen LogP contribution is 2.36. The Balaban J connectivity index is 0.000000374. The highest BCUT2D eigenvalue weighted by molar-refractivity contribution is 6.40. The summed E-state index contributed by atoms with van der Waals surface area (Å²) in [5, 5.41) is 17.7. The first-order valence-electron chi connectivity index (χ1n) is 28.8. The standard InChI is InChI=1S/C34H42N2O4.C28H34N2O2.C6H10O3.CH2Cl2/c1-7-35(8-2)30-19-15-27(16-20-30)32(28-17-21-31(22-18-28)36(9-3)10-4)26-11-13-29(14-12-26)34(38)40-24-23-39-33(37)25(5)6;1-5-29(6-2)25-17-13-22(14-18-25)27(21-9-11-24(12-10-21)28(31)32)23-15-19-26(20-16-23)30(7-3)8-4;1-5(2)6(8)9-4-3-7;2-1-3/h11-22,32H,5,7-10,23-24H2,1-4,6H3;9-20,27H,5-8H2,1-4H3,(H,31,32);7H,1,3-4H2,2H3;1H2. The molecule has 0 aliphatic rings. The van der Waals surface area contributed by atoms with Crippen molar-refractivity contribution in [2.75, 3.05) is 104 Å². The summed E-state index contributed by atoms with van der Waals surface area (Å²) in [5.74, 6) is -2.27. The van der Waals surface area contributed by atoms with E-state index < -0.39 is 23.9 Å². The molecule has 452 valence electrons. The van der Waals surface area contributed by atoms with Crippen LogP contribution in [0.3, 0.4) is 0 Å². The van der Waals surface area contributed by atoms with Gasteiger partial charge in [-0.2, -0.15) is 0 Å². The Labute approximate surface area is 510 Å². The molecule has 0 aliphatic heterocycles. The van der Waals surface area contributed by atoms with E-state index in [4.69, 9.17) is 37.8 Å². The van der Waals surface area contributed by atoms with Crippen molar-refractivity contribution in [1.29, 1.82) is 0 Å². The average Bonchev–Trinajstić information content (AvgIpc) is 2.91. The lowest BCUT2D eigenvalue weighted by molar-refractivity contribution is -0.140. The van der Waals surface area contributed by atoms with Gasteiger partial charge in [-0.25, -0.2) is 19.2 Å². The van der Waals surface area contributed by atoms with E-state index in [2.05, 4.69) is 190 Å². The number of hydrogen-bond acceptors (Lipinski definition) is 12. The molecule has 0 saturated heterocycles. The first kappa shape index (κ1) is 70.7. The molecule has 84 heavy (non-hydrogen) atoms. The van der Waals surface area contributed by atoms with E-state index in [1.807, 2.05) is 24.3 Å². The molecule has 0 unspecified atom stereocenters. The molecule has 15 heteroatoms. The maximum Gasteiger partial charge on any atom is 0.338 e. The first-order valence-corrected chi connectivity index (χ1v) is 29.9. The Morgan fingerprint density at radius 2 is 0.631 bits per heavy atom. The molecule has 0 atom stereocenters. The van der Waals surface area contributed by atoms with Crippen LogP contribution in [0, 0.1) is 0 Å². The lowest BCUT2D eigenvalue weighted by Gasteiger charge is -2.25. The quantitative estimate of drug-likeness (QED) is 0.0126. The van der Waals surface area contributed by atoms with Crippen LogP contribution >= 0.6 is 23.2 Å². The molecule has 0 heterocycles. The smallest absolute Gasteiger partial charge is 0.338 e. The number of carboxylic acid groups (broad SMARTS) is 1. The van der Waals surface area contributed by atoms with Crippen molar-refractivity contribution in [3.63, 3.8) is 0 Å². The van der Waals surface area contributed by atoms with Crippen LogP contribution in [0.25, 0.3) is 0 Å². The lowest BCUT2D eigenvalue weighted by Crippen LogP contribution is -2.21. The fourth-order valence-corrected chi connectivity index (χ4v) is 9.39. The Hall–Kier alpha value is -7.58. The Morgan fingerprint density at radius 3 is 0.857 bits per heavy atom.